The molecule has 0 atom stereocenters. The van der Waals surface area contributed by atoms with E-state index in [1.54, 1.807) is 0 Å². The molecule has 1 nitrogen and oxygen atoms in total. The predicted molar refractivity (Wildman–Crippen MR) is 54.0 cm³/mol. The highest BCUT2D eigenvalue weighted by atomic mass is 14.5. The van der Waals surface area contributed by atoms with Crippen molar-refractivity contribution in [3.05, 3.63) is 41.5 Å². The SMILES string of the molecule is C=C(CN)c1c(C)cccc1C. The molecule has 0 spiro atoms. The Kier molecular flexibility index (Phi) is 2.66. The van der Waals surface area contributed by atoms with E-state index in [-0.39, 0.29) is 0 Å². The number of aryl methyl sites for hydroxylation is 2. The lowest BCUT2D eigenvalue weighted by atomic mass is 9.97. The largest absolute Gasteiger partial charge is 0.326 e. The molecule has 0 unspecified atom stereocenters. The van der Waals surface area contributed by atoms with Crippen LogP contribution in [0.25, 0.3) is 5.57 Å². The molecule has 64 valence electrons. The van der Waals surface area contributed by atoms with Crippen LogP contribution in [0.1, 0.15) is 16.7 Å². The second-order valence-corrected chi connectivity index (χ2v) is 3.07. The lowest BCUT2D eigenvalue weighted by Crippen LogP contribution is -2.03. The van der Waals surface area contributed by atoms with Crippen LogP contribution >= 0.6 is 0 Å². The van der Waals surface area contributed by atoms with Crippen molar-refractivity contribution in [2.24, 2.45) is 5.73 Å². The highest BCUT2D eigenvalue weighted by molar-refractivity contribution is 5.69. The first-order valence-corrected chi connectivity index (χ1v) is 4.11. The minimum atomic E-state index is 0.533. The molecule has 1 aromatic carbocycles. The van der Waals surface area contributed by atoms with Gasteiger partial charge in [0.1, 0.15) is 0 Å². The van der Waals surface area contributed by atoms with Gasteiger partial charge in [-0.25, -0.2) is 0 Å². The molecular formula is C11H15N. The Hall–Kier alpha value is -1.08. The van der Waals surface area contributed by atoms with Crippen LogP contribution in [0.15, 0.2) is 24.8 Å². The zero-order valence-electron chi connectivity index (χ0n) is 7.72. The molecule has 0 bridgehead atoms. The van der Waals surface area contributed by atoms with Crippen molar-refractivity contribution in [1.82, 2.24) is 0 Å². The Bertz CT molecular complexity index is 280. The van der Waals surface area contributed by atoms with Gasteiger partial charge < -0.3 is 5.73 Å². The standard InChI is InChI=1S/C11H15N/c1-8-5-4-6-9(2)11(8)10(3)7-12/h4-6H,3,7,12H2,1-2H3. The molecule has 1 aromatic rings. The van der Waals surface area contributed by atoms with Crippen LogP contribution in [0.4, 0.5) is 0 Å². The van der Waals surface area contributed by atoms with Crippen LogP contribution in [0, 0.1) is 13.8 Å². The van der Waals surface area contributed by atoms with Crippen LogP contribution in [0.2, 0.25) is 0 Å². The molecule has 12 heavy (non-hydrogen) atoms. The molecule has 0 aliphatic carbocycles. The van der Waals surface area contributed by atoms with Crippen LogP contribution in [-0.4, -0.2) is 6.54 Å². The van der Waals surface area contributed by atoms with E-state index in [0.717, 1.165) is 5.57 Å². The first kappa shape index (κ1) is 9.01. The Morgan fingerprint density at radius 1 is 1.33 bits per heavy atom. The molecule has 0 saturated heterocycles. The second kappa shape index (κ2) is 3.55. The molecule has 0 aliphatic rings. The van der Waals surface area contributed by atoms with Gasteiger partial charge in [-0.2, -0.15) is 0 Å². The number of nitrogens with two attached hydrogens (primary N) is 1. The summed E-state index contributed by atoms with van der Waals surface area (Å²) in [5, 5.41) is 0. The summed E-state index contributed by atoms with van der Waals surface area (Å²) in [6.45, 7) is 8.65. The van der Waals surface area contributed by atoms with Gasteiger partial charge in [-0.15, -0.1) is 0 Å². The molecule has 0 amide bonds. The molecule has 0 aliphatic heterocycles. The topological polar surface area (TPSA) is 26.0 Å². The lowest BCUT2D eigenvalue weighted by molar-refractivity contribution is 1.23. The summed E-state index contributed by atoms with van der Waals surface area (Å²) in [5.74, 6) is 0. The summed E-state index contributed by atoms with van der Waals surface area (Å²) < 4.78 is 0. The fourth-order valence-electron chi connectivity index (χ4n) is 1.47. The monoisotopic (exact) mass is 161 g/mol. The molecule has 0 saturated carbocycles. The molecule has 1 heteroatoms. The molecule has 0 heterocycles. The zero-order chi connectivity index (χ0) is 9.14. The van der Waals surface area contributed by atoms with Crippen molar-refractivity contribution in [2.75, 3.05) is 6.54 Å². The maximum atomic E-state index is 5.54. The highest BCUT2D eigenvalue weighted by Crippen LogP contribution is 2.20. The number of hydrogen-bond acceptors (Lipinski definition) is 1. The van der Waals surface area contributed by atoms with E-state index in [1.807, 2.05) is 0 Å². The van der Waals surface area contributed by atoms with Gasteiger partial charge >= 0.3 is 0 Å². The first-order valence-electron chi connectivity index (χ1n) is 4.11. The number of hydrogen-bond donors (Lipinski definition) is 1. The van der Waals surface area contributed by atoms with E-state index < -0.39 is 0 Å². The van der Waals surface area contributed by atoms with Gasteiger partial charge in [-0.1, -0.05) is 24.8 Å². The van der Waals surface area contributed by atoms with E-state index in [4.69, 9.17) is 5.73 Å². The van der Waals surface area contributed by atoms with Gasteiger partial charge in [0.05, 0.1) is 0 Å². The third-order valence-corrected chi connectivity index (χ3v) is 2.08. The molecule has 0 fully saturated rings. The van der Waals surface area contributed by atoms with Crippen molar-refractivity contribution in [2.45, 2.75) is 13.8 Å². The fraction of sp³-hybridized carbons (Fsp3) is 0.273. The molecular weight excluding hydrogens is 146 g/mol. The summed E-state index contributed by atoms with van der Waals surface area (Å²) in [4.78, 5) is 0. The van der Waals surface area contributed by atoms with Gasteiger partial charge in [0.15, 0.2) is 0 Å². The van der Waals surface area contributed by atoms with E-state index in [1.165, 1.54) is 16.7 Å². The second-order valence-electron chi connectivity index (χ2n) is 3.07. The Labute approximate surface area is 73.9 Å². The lowest BCUT2D eigenvalue weighted by Gasteiger charge is -2.10. The molecule has 1 rings (SSSR count). The van der Waals surface area contributed by atoms with E-state index >= 15 is 0 Å². The predicted octanol–water partition coefficient (Wildman–Crippen LogP) is 2.28. The fourth-order valence-corrected chi connectivity index (χ4v) is 1.47. The minimum Gasteiger partial charge on any atom is -0.326 e. The average molecular weight is 161 g/mol. The van der Waals surface area contributed by atoms with E-state index in [9.17, 15) is 0 Å². The van der Waals surface area contributed by atoms with Crippen LogP contribution < -0.4 is 5.73 Å². The summed E-state index contributed by atoms with van der Waals surface area (Å²) in [7, 11) is 0. The van der Waals surface area contributed by atoms with Gasteiger partial charge in [0.25, 0.3) is 0 Å². The maximum absolute atomic E-state index is 5.54. The van der Waals surface area contributed by atoms with Crippen molar-refractivity contribution in [3.63, 3.8) is 0 Å². The van der Waals surface area contributed by atoms with Crippen molar-refractivity contribution >= 4 is 5.57 Å². The third kappa shape index (κ3) is 1.56. The van der Waals surface area contributed by atoms with Gasteiger partial charge in [0, 0.05) is 6.54 Å². The Morgan fingerprint density at radius 3 is 2.25 bits per heavy atom. The summed E-state index contributed by atoms with van der Waals surface area (Å²) >= 11 is 0. The molecule has 0 radical (unpaired) electrons. The first-order chi connectivity index (χ1) is 5.66. The normalized spacial score (nSPS) is 9.92. The molecule has 2 N–H and O–H groups in total. The zero-order valence-corrected chi connectivity index (χ0v) is 7.72. The minimum absolute atomic E-state index is 0.533. The highest BCUT2D eigenvalue weighted by Gasteiger charge is 2.03. The maximum Gasteiger partial charge on any atom is 0.0178 e. The van der Waals surface area contributed by atoms with Gasteiger partial charge in [0.2, 0.25) is 0 Å². The third-order valence-electron chi connectivity index (χ3n) is 2.08. The van der Waals surface area contributed by atoms with Crippen molar-refractivity contribution < 1.29 is 0 Å². The smallest absolute Gasteiger partial charge is 0.0178 e. The Balaban J connectivity index is 3.21. The quantitative estimate of drug-likeness (QED) is 0.707. The average Bonchev–Trinajstić information content (AvgIpc) is 2.03. The molecule has 0 aromatic heterocycles. The van der Waals surface area contributed by atoms with E-state index in [0.29, 0.717) is 6.54 Å². The van der Waals surface area contributed by atoms with Crippen molar-refractivity contribution in [1.29, 1.82) is 0 Å². The summed E-state index contributed by atoms with van der Waals surface area (Å²) in [5.41, 5.74) is 10.3. The van der Waals surface area contributed by atoms with Crippen molar-refractivity contribution in [3.8, 4) is 0 Å². The summed E-state index contributed by atoms with van der Waals surface area (Å²) in [6.07, 6.45) is 0. The van der Waals surface area contributed by atoms with Gasteiger partial charge in [-0.05, 0) is 36.1 Å². The van der Waals surface area contributed by atoms with Crippen LogP contribution in [0.3, 0.4) is 0 Å². The number of benzene rings is 1. The number of rotatable bonds is 2. The van der Waals surface area contributed by atoms with Crippen LogP contribution in [-0.2, 0) is 0 Å². The Morgan fingerprint density at radius 2 is 1.83 bits per heavy atom. The van der Waals surface area contributed by atoms with E-state index in [2.05, 4.69) is 38.6 Å². The van der Waals surface area contributed by atoms with Gasteiger partial charge in [-0.3, -0.25) is 0 Å². The van der Waals surface area contributed by atoms with Crippen LogP contribution in [0.5, 0.6) is 0 Å². The summed E-state index contributed by atoms with van der Waals surface area (Å²) in [6, 6.07) is 6.23.